The Bertz CT molecular complexity index is 93.8. The first kappa shape index (κ1) is 9.03. The molecule has 0 aliphatic heterocycles. The summed E-state index contributed by atoms with van der Waals surface area (Å²) in [7, 11) is 0. The fourth-order valence-corrected chi connectivity index (χ4v) is 0.798. The van der Waals surface area contributed by atoms with E-state index in [1.165, 1.54) is 5.06 Å². The van der Waals surface area contributed by atoms with Crippen molar-refractivity contribution >= 4 is 11.4 Å². The smallest absolute Gasteiger partial charge is 0.106 e. The van der Waals surface area contributed by atoms with Crippen LogP contribution in [0.1, 0.15) is 13.8 Å². The van der Waals surface area contributed by atoms with Crippen molar-refractivity contribution in [2.75, 3.05) is 13.1 Å². The van der Waals surface area contributed by atoms with Crippen molar-refractivity contribution in [2.24, 2.45) is 0 Å². The first-order chi connectivity index (χ1) is 4.20. The molecule has 0 N–H and O–H groups in total. The van der Waals surface area contributed by atoms with Crippen molar-refractivity contribution in [3.8, 4) is 0 Å². The molecule has 0 saturated carbocycles. The molecular formula is C4H10NO3S-. The lowest BCUT2D eigenvalue weighted by molar-refractivity contribution is -0.0436. The van der Waals surface area contributed by atoms with Gasteiger partial charge in [0, 0.05) is 13.1 Å². The van der Waals surface area contributed by atoms with E-state index in [1.807, 2.05) is 13.8 Å². The maximum absolute atomic E-state index is 9.86. The molecule has 0 bridgehead atoms. The van der Waals surface area contributed by atoms with E-state index in [1.54, 1.807) is 0 Å². The van der Waals surface area contributed by atoms with Crippen molar-refractivity contribution in [1.82, 2.24) is 5.06 Å². The summed E-state index contributed by atoms with van der Waals surface area (Å²) in [4.78, 5) is 0. The molecule has 56 valence electrons. The highest BCUT2D eigenvalue weighted by Crippen LogP contribution is 1.89. The van der Waals surface area contributed by atoms with Crippen molar-refractivity contribution in [3.63, 3.8) is 0 Å². The molecule has 0 aromatic carbocycles. The third-order valence-corrected chi connectivity index (χ3v) is 1.20. The third kappa shape index (κ3) is 4.53. The zero-order valence-electron chi connectivity index (χ0n) is 5.49. The molecule has 0 heterocycles. The fraction of sp³-hybridized carbons (Fsp3) is 1.00. The van der Waals surface area contributed by atoms with Gasteiger partial charge in [0.2, 0.25) is 0 Å². The van der Waals surface area contributed by atoms with Gasteiger partial charge in [-0.25, -0.2) is 8.49 Å². The van der Waals surface area contributed by atoms with E-state index >= 15 is 0 Å². The van der Waals surface area contributed by atoms with Gasteiger partial charge in [-0.05, 0) is 0 Å². The van der Waals surface area contributed by atoms with Gasteiger partial charge in [-0.1, -0.05) is 13.8 Å². The molecule has 1 atom stereocenters. The van der Waals surface area contributed by atoms with E-state index in [9.17, 15) is 8.76 Å². The number of rotatable bonds is 4. The highest BCUT2D eigenvalue weighted by Gasteiger charge is 1.96. The van der Waals surface area contributed by atoms with Crippen LogP contribution in [0.5, 0.6) is 0 Å². The van der Waals surface area contributed by atoms with Crippen LogP contribution in [0.4, 0.5) is 0 Å². The van der Waals surface area contributed by atoms with Crippen molar-refractivity contribution in [3.05, 3.63) is 0 Å². The predicted molar refractivity (Wildman–Crippen MR) is 32.9 cm³/mol. The predicted octanol–water partition coefficient (Wildman–Crippen LogP) is 0.0539. The summed E-state index contributed by atoms with van der Waals surface area (Å²) in [5, 5.41) is 1.34. The Balaban J connectivity index is 3.43. The lowest BCUT2D eigenvalue weighted by atomic mass is 10.6. The van der Waals surface area contributed by atoms with Gasteiger partial charge in [0.15, 0.2) is 0 Å². The van der Waals surface area contributed by atoms with Crippen molar-refractivity contribution in [1.29, 1.82) is 0 Å². The zero-order valence-corrected chi connectivity index (χ0v) is 6.31. The largest absolute Gasteiger partial charge is 0.748 e. The number of nitrogens with zero attached hydrogens (tertiary/aromatic N) is 1. The summed E-state index contributed by atoms with van der Waals surface area (Å²) >= 11 is -2.42. The van der Waals surface area contributed by atoms with Gasteiger partial charge in [-0.2, -0.15) is 5.06 Å². The van der Waals surface area contributed by atoms with Crippen LogP contribution >= 0.6 is 0 Å². The van der Waals surface area contributed by atoms with Crippen LogP contribution in [-0.4, -0.2) is 26.9 Å². The Hall–Kier alpha value is 0.0300. The zero-order chi connectivity index (χ0) is 7.28. The molecule has 0 amide bonds. The monoisotopic (exact) mass is 152 g/mol. The molecular weight excluding hydrogens is 142 g/mol. The Morgan fingerprint density at radius 1 is 1.56 bits per heavy atom. The summed E-state index contributed by atoms with van der Waals surface area (Å²) in [6.07, 6.45) is 0. The van der Waals surface area contributed by atoms with Gasteiger partial charge in [0.05, 0.1) is 0 Å². The Morgan fingerprint density at radius 2 is 2.00 bits per heavy atom. The molecule has 0 rings (SSSR count). The summed E-state index contributed by atoms with van der Waals surface area (Å²) in [6, 6.07) is 0. The minimum absolute atomic E-state index is 0.574. The van der Waals surface area contributed by atoms with Crippen LogP contribution in [0, 0.1) is 0 Å². The molecule has 0 radical (unpaired) electrons. The van der Waals surface area contributed by atoms with Crippen LogP contribution in [0.3, 0.4) is 0 Å². The summed E-state index contributed by atoms with van der Waals surface area (Å²) < 4.78 is 24.0. The molecule has 9 heavy (non-hydrogen) atoms. The number of hydrogen-bond acceptors (Lipinski definition) is 4. The second kappa shape index (κ2) is 4.87. The van der Waals surface area contributed by atoms with Crippen molar-refractivity contribution < 1.29 is 13.0 Å². The minimum atomic E-state index is -2.42. The van der Waals surface area contributed by atoms with Gasteiger partial charge in [0.25, 0.3) is 0 Å². The molecule has 1 unspecified atom stereocenters. The first-order valence-corrected chi connectivity index (χ1v) is 3.73. The highest BCUT2D eigenvalue weighted by atomic mass is 32.2. The lowest BCUT2D eigenvalue weighted by Crippen LogP contribution is -2.24. The molecule has 0 aliphatic carbocycles. The van der Waals surface area contributed by atoms with Crippen LogP contribution in [0.2, 0.25) is 0 Å². The lowest BCUT2D eigenvalue weighted by Gasteiger charge is -2.17. The van der Waals surface area contributed by atoms with Crippen LogP contribution in [0.25, 0.3) is 0 Å². The van der Waals surface area contributed by atoms with Gasteiger partial charge >= 0.3 is 0 Å². The van der Waals surface area contributed by atoms with E-state index in [4.69, 9.17) is 0 Å². The summed E-state index contributed by atoms with van der Waals surface area (Å²) in [5.41, 5.74) is 0. The maximum Gasteiger partial charge on any atom is 0.106 e. The summed E-state index contributed by atoms with van der Waals surface area (Å²) in [6.45, 7) is 4.78. The van der Waals surface area contributed by atoms with Crippen LogP contribution < -0.4 is 0 Å². The second-order valence-electron chi connectivity index (χ2n) is 1.39. The van der Waals surface area contributed by atoms with Crippen LogP contribution in [0.15, 0.2) is 0 Å². The van der Waals surface area contributed by atoms with Gasteiger partial charge in [-0.3, -0.25) is 0 Å². The molecule has 0 aromatic rings. The van der Waals surface area contributed by atoms with Gasteiger partial charge in [-0.15, -0.1) is 0 Å². The second-order valence-corrected chi connectivity index (χ2v) is 1.95. The highest BCUT2D eigenvalue weighted by molar-refractivity contribution is 7.74. The average Bonchev–Trinajstić information content (AvgIpc) is 1.82. The van der Waals surface area contributed by atoms with E-state index in [0.29, 0.717) is 13.1 Å². The quantitative estimate of drug-likeness (QED) is 0.422. The number of hydroxylamine groups is 2. The SMILES string of the molecule is CCN(CC)OS(=O)[O-]. The van der Waals surface area contributed by atoms with E-state index in [2.05, 4.69) is 4.28 Å². The maximum atomic E-state index is 9.86. The molecule has 4 nitrogen and oxygen atoms in total. The topological polar surface area (TPSA) is 52.6 Å². The van der Waals surface area contributed by atoms with Gasteiger partial charge in [0.1, 0.15) is 11.4 Å². The molecule has 0 aromatic heterocycles. The normalized spacial score (nSPS) is 14.2. The van der Waals surface area contributed by atoms with Crippen LogP contribution in [-0.2, 0) is 15.6 Å². The van der Waals surface area contributed by atoms with E-state index in [-0.39, 0.29) is 0 Å². The third-order valence-electron chi connectivity index (χ3n) is 0.872. The van der Waals surface area contributed by atoms with Gasteiger partial charge < -0.3 is 4.55 Å². The molecule has 0 fully saturated rings. The molecule has 0 saturated heterocycles. The summed E-state index contributed by atoms with van der Waals surface area (Å²) in [5.74, 6) is 0. The Kier molecular flexibility index (Phi) is 4.88. The van der Waals surface area contributed by atoms with E-state index in [0.717, 1.165) is 0 Å². The Labute approximate surface area is 57.2 Å². The van der Waals surface area contributed by atoms with E-state index < -0.39 is 11.4 Å². The number of hydrogen-bond donors (Lipinski definition) is 0. The minimum Gasteiger partial charge on any atom is -0.748 e. The first-order valence-electron chi connectivity index (χ1n) is 2.73. The molecule has 0 aliphatic rings. The average molecular weight is 152 g/mol. The Morgan fingerprint density at radius 3 is 2.11 bits per heavy atom. The van der Waals surface area contributed by atoms with Crippen molar-refractivity contribution in [2.45, 2.75) is 13.8 Å². The fourth-order valence-electron chi connectivity index (χ4n) is 0.415. The standard InChI is InChI=1S/C4H11NO3S/c1-3-5(4-2)8-9(6)7/h3-4H2,1-2H3,(H,6,7)/p-1. The molecule has 0 spiro atoms. The molecule has 5 heteroatoms.